The average Bonchev–Trinajstić information content (AvgIpc) is 2.99. The van der Waals surface area contributed by atoms with Crippen LogP contribution in [-0.2, 0) is 21.2 Å². The van der Waals surface area contributed by atoms with Crippen LogP contribution in [0.2, 0.25) is 0 Å². The molecule has 0 radical (unpaired) electrons. The van der Waals surface area contributed by atoms with E-state index in [1.165, 1.54) is 12.3 Å². The van der Waals surface area contributed by atoms with Crippen LogP contribution in [0.4, 0.5) is 0 Å². The third-order valence-electron chi connectivity index (χ3n) is 2.97. The zero-order chi connectivity index (χ0) is 15.3. The summed E-state index contributed by atoms with van der Waals surface area (Å²) >= 11 is 0. The molecule has 0 bridgehead atoms. The van der Waals surface area contributed by atoms with Gasteiger partial charge in [0.05, 0.1) is 6.26 Å². The molecule has 2 N–H and O–H groups in total. The lowest BCUT2D eigenvalue weighted by atomic mass is 10.1. The quantitative estimate of drug-likeness (QED) is 0.810. The van der Waals surface area contributed by atoms with Crippen LogP contribution in [0, 0.1) is 0 Å². The number of carboxylic acids is 1. The highest BCUT2D eigenvalue weighted by Crippen LogP contribution is 2.12. The first-order chi connectivity index (χ1) is 9.99. The highest BCUT2D eigenvalue weighted by Gasteiger charge is 2.25. The number of hydrogen-bond donors (Lipinski definition) is 2. The summed E-state index contributed by atoms with van der Waals surface area (Å²) in [6, 6.07) is 9.36. The molecule has 0 saturated heterocycles. The van der Waals surface area contributed by atoms with Gasteiger partial charge in [0.1, 0.15) is 17.2 Å². The number of furan rings is 1. The minimum Gasteiger partial charge on any atom is -0.480 e. The Labute approximate surface area is 122 Å². The van der Waals surface area contributed by atoms with Crippen LogP contribution in [0.25, 0.3) is 0 Å². The predicted molar refractivity (Wildman–Crippen MR) is 75.2 cm³/mol. The van der Waals surface area contributed by atoms with Gasteiger partial charge in [-0.1, -0.05) is 30.3 Å². The Morgan fingerprint density at radius 1 is 1.24 bits per heavy atom. The van der Waals surface area contributed by atoms with E-state index in [1.54, 1.807) is 0 Å². The SMILES string of the molecule is O=C(O)C(CCc1ccccc1)NS(=O)(=O)c1ccoc1. The Hall–Kier alpha value is -2.12. The Morgan fingerprint density at radius 2 is 1.95 bits per heavy atom. The third-order valence-corrected chi connectivity index (χ3v) is 4.41. The van der Waals surface area contributed by atoms with E-state index in [1.807, 2.05) is 30.3 Å². The second kappa shape index (κ2) is 6.55. The van der Waals surface area contributed by atoms with E-state index >= 15 is 0 Å². The van der Waals surface area contributed by atoms with Crippen molar-refractivity contribution in [2.75, 3.05) is 0 Å². The maximum absolute atomic E-state index is 12.0. The van der Waals surface area contributed by atoms with Crippen LogP contribution in [0.15, 0.2) is 58.2 Å². The van der Waals surface area contributed by atoms with Gasteiger partial charge in [0.2, 0.25) is 10.0 Å². The van der Waals surface area contributed by atoms with E-state index < -0.39 is 22.0 Å². The van der Waals surface area contributed by atoms with Crippen molar-refractivity contribution >= 4 is 16.0 Å². The molecule has 1 atom stereocenters. The van der Waals surface area contributed by atoms with E-state index in [2.05, 4.69) is 4.72 Å². The molecule has 1 aromatic heterocycles. The molecule has 7 heteroatoms. The van der Waals surface area contributed by atoms with E-state index in [4.69, 9.17) is 9.52 Å². The molecule has 0 fully saturated rings. The molecule has 0 aliphatic heterocycles. The Balaban J connectivity index is 2.05. The number of carbonyl (C=O) groups is 1. The van der Waals surface area contributed by atoms with Gasteiger partial charge in [-0.05, 0) is 24.5 Å². The molecule has 0 spiro atoms. The van der Waals surface area contributed by atoms with Gasteiger partial charge < -0.3 is 9.52 Å². The molecule has 112 valence electrons. The summed E-state index contributed by atoms with van der Waals surface area (Å²) < 4.78 is 30.9. The van der Waals surface area contributed by atoms with Crippen LogP contribution >= 0.6 is 0 Å². The number of sulfonamides is 1. The molecular weight excluding hydrogens is 294 g/mol. The Kier molecular flexibility index (Phi) is 4.77. The van der Waals surface area contributed by atoms with Crippen molar-refractivity contribution < 1.29 is 22.7 Å². The van der Waals surface area contributed by atoms with Gasteiger partial charge in [-0.3, -0.25) is 4.79 Å². The van der Waals surface area contributed by atoms with Crippen molar-refractivity contribution in [1.82, 2.24) is 4.72 Å². The first-order valence-corrected chi connectivity index (χ1v) is 7.78. The number of aliphatic carboxylic acids is 1. The second-order valence-electron chi connectivity index (χ2n) is 4.50. The molecule has 2 rings (SSSR count). The summed E-state index contributed by atoms with van der Waals surface area (Å²) in [6.07, 6.45) is 2.90. The molecule has 1 heterocycles. The maximum Gasteiger partial charge on any atom is 0.321 e. The highest BCUT2D eigenvalue weighted by molar-refractivity contribution is 7.89. The molecule has 0 amide bonds. The number of hydrogen-bond acceptors (Lipinski definition) is 4. The van der Waals surface area contributed by atoms with E-state index in [9.17, 15) is 13.2 Å². The fourth-order valence-electron chi connectivity index (χ4n) is 1.85. The van der Waals surface area contributed by atoms with Crippen molar-refractivity contribution in [3.63, 3.8) is 0 Å². The lowest BCUT2D eigenvalue weighted by molar-refractivity contribution is -0.139. The molecule has 1 unspecified atom stereocenters. The molecule has 21 heavy (non-hydrogen) atoms. The largest absolute Gasteiger partial charge is 0.480 e. The normalized spacial score (nSPS) is 13.0. The summed E-state index contributed by atoms with van der Waals surface area (Å²) in [4.78, 5) is 11.1. The van der Waals surface area contributed by atoms with E-state index in [0.29, 0.717) is 6.42 Å². The smallest absolute Gasteiger partial charge is 0.321 e. The number of aryl methyl sites for hydroxylation is 1. The second-order valence-corrected chi connectivity index (χ2v) is 6.21. The maximum atomic E-state index is 12.0. The number of benzene rings is 1. The van der Waals surface area contributed by atoms with Gasteiger partial charge in [0.25, 0.3) is 0 Å². The van der Waals surface area contributed by atoms with E-state index in [0.717, 1.165) is 11.8 Å². The minimum absolute atomic E-state index is 0.0894. The zero-order valence-corrected chi connectivity index (χ0v) is 11.9. The van der Waals surface area contributed by atoms with Crippen LogP contribution < -0.4 is 4.72 Å². The molecule has 2 aromatic rings. The third kappa shape index (κ3) is 4.17. The van der Waals surface area contributed by atoms with E-state index in [-0.39, 0.29) is 11.3 Å². The fourth-order valence-corrected chi connectivity index (χ4v) is 2.99. The summed E-state index contributed by atoms with van der Waals surface area (Å²) in [5.74, 6) is -1.21. The summed E-state index contributed by atoms with van der Waals surface area (Å²) in [7, 11) is -3.89. The lowest BCUT2D eigenvalue weighted by Gasteiger charge is -2.14. The minimum atomic E-state index is -3.89. The lowest BCUT2D eigenvalue weighted by Crippen LogP contribution is -2.40. The van der Waals surface area contributed by atoms with Crippen molar-refractivity contribution in [3.05, 3.63) is 54.5 Å². The van der Waals surface area contributed by atoms with Crippen LogP contribution in [-0.4, -0.2) is 25.5 Å². The monoisotopic (exact) mass is 309 g/mol. The number of carboxylic acid groups (broad SMARTS) is 1. The number of rotatable bonds is 7. The molecular formula is C14H15NO5S. The van der Waals surface area contributed by atoms with Gasteiger partial charge in [0, 0.05) is 0 Å². The summed E-state index contributed by atoms with van der Waals surface area (Å²) in [5, 5.41) is 9.16. The van der Waals surface area contributed by atoms with Crippen LogP contribution in [0.1, 0.15) is 12.0 Å². The molecule has 0 saturated carbocycles. The van der Waals surface area contributed by atoms with Gasteiger partial charge >= 0.3 is 5.97 Å². The van der Waals surface area contributed by atoms with Gasteiger partial charge in [0.15, 0.2) is 0 Å². The average molecular weight is 309 g/mol. The summed E-state index contributed by atoms with van der Waals surface area (Å²) in [6.45, 7) is 0. The Morgan fingerprint density at radius 3 is 2.52 bits per heavy atom. The number of nitrogens with one attached hydrogen (secondary N) is 1. The van der Waals surface area contributed by atoms with Crippen molar-refractivity contribution in [1.29, 1.82) is 0 Å². The standard InChI is InChI=1S/C14H15NO5S/c16-14(17)13(7-6-11-4-2-1-3-5-11)15-21(18,19)12-8-9-20-10-12/h1-5,8-10,13,15H,6-7H2,(H,16,17). The topological polar surface area (TPSA) is 96.6 Å². The fraction of sp³-hybridized carbons (Fsp3) is 0.214. The van der Waals surface area contributed by atoms with Gasteiger partial charge in [-0.15, -0.1) is 0 Å². The predicted octanol–water partition coefficient (Wildman–Crippen LogP) is 1.64. The first kappa shape index (κ1) is 15.3. The van der Waals surface area contributed by atoms with Gasteiger partial charge in [-0.25, -0.2) is 8.42 Å². The molecule has 0 aliphatic rings. The Bertz CT molecular complexity index is 679. The zero-order valence-electron chi connectivity index (χ0n) is 11.1. The highest BCUT2D eigenvalue weighted by atomic mass is 32.2. The van der Waals surface area contributed by atoms with Crippen LogP contribution in [0.5, 0.6) is 0 Å². The first-order valence-electron chi connectivity index (χ1n) is 6.30. The van der Waals surface area contributed by atoms with Gasteiger partial charge in [-0.2, -0.15) is 4.72 Å². The van der Waals surface area contributed by atoms with Crippen LogP contribution in [0.3, 0.4) is 0 Å². The van der Waals surface area contributed by atoms with Crippen molar-refractivity contribution in [2.24, 2.45) is 0 Å². The molecule has 0 aliphatic carbocycles. The van der Waals surface area contributed by atoms with Crippen molar-refractivity contribution in [3.8, 4) is 0 Å². The molecule has 1 aromatic carbocycles. The summed E-state index contributed by atoms with van der Waals surface area (Å²) in [5.41, 5.74) is 0.950. The van der Waals surface area contributed by atoms with Crippen molar-refractivity contribution in [2.45, 2.75) is 23.8 Å². The molecule has 6 nitrogen and oxygen atoms in total.